The van der Waals surface area contributed by atoms with E-state index in [0.29, 0.717) is 32.1 Å². The third-order valence-electron chi connectivity index (χ3n) is 8.84. The van der Waals surface area contributed by atoms with Crippen LogP contribution in [0.3, 0.4) is 0 Å². The van der Waals surface area contributed by atoms with Crippen molar-refractivity contribution in [3.63, 3.8) is 0 Å². The molecule has 5 N–H and O–H groups in total. The Hall–Kier alpha value is -2.74. The molecule has 0 saturated heterocycles. The molecule has 62 heavy (non-hydrogen) atoms. The lowest BCUT2D eigenvalue weighted by atomic mass is 10.1. The van der Waals surface area contributed by atoms with Crippen molar-refractivity contribution in [2.45, 2.75) is 167 Å². The maximum absolute atomic E-state index is 12.7. The Morgan fingerprint density at radius 1 is 0.548 bits per heavy atom. The molecule has 0 aromatic heterocycles. The van der Waals surface area contributed by atoms with Crippen LogP contribution in [0, 0.1) is 0 Å². The largest absolute Gasteiger partial charge is 0.472 e. The number of carbonyl (C=O) groups excluding carboxylic acids is 2. The molecule has 0 aliphatic heterocycles. The Bertz CT molecular complexity index is 1430. The van der Waals surface area contributed by atoms with Crippen LogP contribution in [-0.4, -0.2) is 81.6 Å². The van der Waals surface area contributed by atoms with Crippen LogP contribution in [0.4, 0.5) is 0 Å². The number of phosphoric ester groups is 2. The summed E-state index contributed by atoms with van der Waals surface area (Å²) in [4.78, 5) is 52.7. The normalized spacial score (nSPS) is 15.3. The van der Waals surface area contributed by atoms with Crippen molar-refractivity contribution in [3.05, 3.63) is 85.1 Å². The molecule has 0 radical (unpaired) electrons. The monoisotopic (exact) mass is 916 g/mol. The predicted octanol–water partition coefficient (Wildman–Crippen LogP) is 10.5. The minimum atomic E-state index is -4.88. The van der Waals surface area contributed by atoms with Crippen LogP contribution < -0.4 is 0 Å². The van der Waals surface area contributed by atoms with Crippen molar-refractivity contribution < 1.29 is 66.7 Å². The molecule has 14 nitrogen and oxygen atoms in total. The molecule has 0 heterocycles. The molecule has 0 amide bonds. The van der Waals surface area contributed by atoms with Crippen LogP contribution in [-0.2, 0) is 41.8 Å². The van der Waals surface area contributed by atoms with Crippen molar-refractivity contribution in [1.82, 2.24) is 0 Å². The summed E-state index contributed by atoms with van der Waals surface area (Å²) in [6.45, 7) is 1.45. The molecule has 0 aliphatic rings. The Labute approximate surface area is 371 Å². The first kappa shape index (κ1) is 59.3. The Kier molecular flexibility index (Phi) is 39.2. The molecule has 0 aliphatic carbocycles. The minimum absolute atomic E-state index is 0.0788. The molecular formula is C46H78O14P2. The summed E-state index contributed by atoms with van der Waals surface area (Å²) < 4.78 is 47.7. The van der Waals surface area contributed by atoms with Crippen LogP contribution in [0.5, 0.6) is 0 Å². The van der Waals surface area contributed by atoms with E-state index in [1.54, 1.807) is 12.2 Å². The number of hydrogen-bond acceptors (Lipinski definition) is 11. The fourth-order valence-electron chi connectivity index (χ4n) is 5.44. The number of ether oxygens (including phenoxy) is 2. The second-order valence-corrected chi connectivity index (χ2v) is 17.5. The second kappa shape index (κ2) is 41.0. The molecule has 4 atom stereocenters. The number of hydrogen-bond donors (Lipinski definition) is 5. The summed E-state index contributed by atoms with van der Waals surface area (Å²) in [5, 5.41) is 19.8. The van der Waals surface area contributed by atoms with E-state index in [1.165, 1.54) is 19.3 Å². The van der Waals surface area contributed by atoms with Gasteiger partial charge in [0, 0.05) is 12.8 Å². The summed E-state index contributed by atoms with van der Waals surface area (Å²) in [5.74, 6) is -1.15. The molecule has 0 aromatic carbocycles. The molecule has 16 heteroatoms. The third kappa shape index (κ3) is 43.9. The SMILES string of the molecule is CC/C=C\C/C=C\CC(O)/C=C/C=C\C/C=C\CCCC(=O)OC[C@H](COP(=O)(O)OC[C@@H](O)COP(=O)(O)O)OC(=O)CCCCCCCCC/C=C\C/C=C\CCCCC. The van der Waals surface area contributed by atoms with Crippen molar-refractivity contribution in [3.8, 4) is 0 Å². The molecule has 0 aromatic rings. The van der Waals surface area contributed by atoms with Gasteiger partial charge in [-0.15, -0.1) is 0 Å². The zero-order valence-electron chi connectivity index (χ0n) is 37.3. The first-order valence-electron chi connectivity index (χ1n) is 22.4. The van der Waals surface area contributed by atoms with Gasteiger partial charge >= 0.3 is 27.6 Å². The van der Waals surface area contributed by atoms with Crippen LogP contribution in [0.2, 0.25) is 0 Å². The van der Waals surface area contributed by atoms with Crippen molar-refractivity contribution in [1.29, 1.82) is 0 Å². The van der Waals surface area contributed by atoms with Gasteiger partial charge in [0.25, 0.3) is 0 Å². The Morgan fingerprint density at radius 3 is 1.73 bits per heavy atom. The summed E-state index contributed by atoms with van der Waals surface area (Å²) in [6.07, 6.45) is 43.2. The third-order valence-corrected chi connectivity index (χ3v) is 10.3. The van der Waals surface area contributed by atoms with Crippen LogP contribution in [0.15, 0.2) is 85.1 Å². The number of rotatable bonds is 41. The lowest BCUT2D eigenvalue weighted by Crippen LogP contribution is -2.30. The highest BCUT2D eigenvalue weighted by Crippen LogP contribution is 2.43. The number of aliphatic hydroxyl groups excluding tert-OH is 2. The van der Waals surface area contributed by atoms with Gasteiger partial charge in [-0.3, -0.25) is 23.2 Å². The standard InChI is InChI=1S/C46H78O14P2/c1-3-5-7-9-11-12-13-14-15-16-17-18-19-20-25-29-33-37-46(50)60-44(41-59-62(54,55)58-39-43(48)38-57-61(51,52)53)40-56-45(49)36-32-28-24-22-21-23-27-31-35-42(47)34-30-26-10-8-6-4-2/h6,8,11-12,14-15,22-24,26-27,30-31,35,42-44,47-48H,3-5,7,9-10,13,16-21,25,28-29,32-34,36-41H2,1-2H3,(H,54,55)(H2,51,52,53)/b8-6-,12-11-,15-14-,24-22-,27-23-,30-26-,35-31+/t42?,43-,44+/m0/s1. The molecule has 2 unspecified atom stereocenters. The molecule has 0 bridgehead atoms. The molecule has 0 saturated carbocycles. The molecule has 356 valence electrons. The highest BCUT2D eigenvalue weighted by molar-refractivity contribution is 7.47. The topological polar surface area (TPSA) is 216 Å². The van der Waals surface area contributed by atoms with Crippen molar-refractivity contribution in [2.24, 2.45) is 0 Å². The van der Waals surface area contributed by atoms with Gasteiger partial charge in [0.2, 0.25) is 0 Å². The number of aliphatic hydroxyl groups is 2. The fourth-order valence-corrected chi connectivity index (χ4v) is 6.59. The van der Waals surface area contributed by atoms with Crippen molar-refractivity contribution in [2.75, 3.05) is 26.4 Å². The first-order chi connectivity index (χ1) is 29.8. The lowest BCUT2D eigenvalue weighted by Gasteiger charge is -2.20. The quantitative estimate of drug-likeness (QED) is 0.0127. The number of allylic oxidation sites excluding steroid dienone is 12. The number of unbranched alkanes of at least 4 members (excludes halogenated alkanes) is 11. The summed E-state index contributed by atoms with van der Waals surface area (Å²) in [7, 11) is -9.72. The van der Waals surface area contributed by atoms with Gasteiger partial charge in [-0.05, 0) is 77.0 Å². The van der Waals surface area contributed by atoms with Gasteiger partial charge in [-0.2, -0.15) is 0 Å². The van der Waals surface area contributed by atoms with E-state index in [9.17, 15) is 33.8 Å². The first-order valence-corrected chi connectivity index (χ1v) is 25.4. The molecule has 0 rings (SSSR count). The highest BCUT2D eigenvalue weighted by Gasteiger charge is 2.28. The maximum atomic E-state index is 12.7. The zero-order chi connectivity index (χ0) is 46.0. The second-order valence-electron chi connectivity index (χ2n) is 14.8. The van der Waals surface area contributed by atoms with Gasteiger partial charge in [-0.1, -0.05) is 144 Å². The minimum Gasteiger partial charge on any atom is -0.462 e. The smallest absolute Gasteiger partial charge is 0.462 e. The highest BCUT2D eigenvalue weighted by atomic mass is 31.2. The van der Waals surface area contributed by atoms with E-state index >= 15 is 0 Å². The van der Waals surface area contributed by atoms with E-state index in [1.807, 2.05) is 36.5 Å². The van der Waals surface area contributed by atoms with E-state index in [-0.39, 0.29) is 12.8 Å². The average molecular weight is 917 g/mol. The van der Waals surface area contributed by atoms with Gasteiger partial charge in [-0.25, -0.2) is 9.13 Å². The Balaban J connectivity index is 4.68. The van der Waals surface area contributed by atoms with Gasteiger partial charge in [0.05, 0.1) is 25.9 Å². The van der Waals surface area contributed by atoms with E-state index < -0.39 is 72.3 Å². The number of carbonyl (C=O) groups is 2. The maximum Gasteiger partial charge on any atom is 0.472 e. The molecular weight excluding hydrogens is 838 g/mol. The van der Waals surface area contributed by atoms with Crippen molar-refractivity contribution >= 4 is 27.6 Å². The summed E-state index contributed by atoms with van der Waals surface area (Å²) in [5.41, 5.74) is 0. The molecule has 0 spiro atoms. The van der Waals surface area contributed by atoms with E-state index in [4.69, 9.17) is 23.8 Å². The van der Waals surface area contributed by atoms with E-state index in [2.05, 4.69) is 59.4 Å². The number of esters is 2. The summed E-state index contributed by atoms with van der Waals surface area (Å²) >= 11 is 0. The van der Waals surface area contributed by atoms with Gasteiger partial charge in [0.1, 0.15) is 12.7 Å². The van der Waals surface area contributed by atoms with Crippen LogP contribution in [0.25, 0.3) is 0 Å². The number of phosphoric acid groups is 2. The van der Waals surface area contributed by atoms with E-state index in [0.717, 1.165) is 70.6 Å². The average Bonchev–Trinajstić information content (AvgIpc) is 3.23. The van der Waals surface area contributed by atoms with Gasteiger partial charge in [0.15, 0.2) is 6.10 Å². The zero-order valence-corrected chi connectivity index (χ0v) is 39.1. The lowest BCUT2D eigenvalue weighted by molar-refractivity contribution is -0.161. The van der Waals surface area contributed by atoms with Crippen LogP contribution in [0.1, 0.15) is 149 Å². The fraction of sp³-hybridized carbons (Fsp3) is 0.652. The summed E-state index contributed by atoms with van der Waals surface area (Å²) in [6, 6.07) is 0. The van der Waals surface area contributed by atoms with Gasteiger partial charge < -0.3 is 34.4 Å². The molecule has 0 fully saturated rings. The Morgan fingerprint density at radius 2 is 1.08 bits per heavy atom. The van der Waals surface area contributed by atoms with Crippen LogP contribution >= 0.6 is 15.6 Å². The predicted molar refractivity (Wildman–Crippen MR) is 245 cm³/mol.